The van der Waals surface area contributed by atoms with Gasteiger partial charge in [0, 0.05) is 29.3 Å². The van der Waals surface area contributed by atoms with E-state index in [-0.39, 0.29) is 11.5 Å². The van der Waals surface area contributed by atoms with Gasteiger partial charge in [-0.1, -0.05) is 62.2 Å². The lowest BCUT2D eigenvalue weighted by Gasteiger charge is -2.16. The highest BCUT2D eigenvalue weighted by Gasteiger charge is 2.34. The van der Waals surface area contributed by atoms with E-state index in [2.05, 4.69) is 22.8 Å². The molecule has 0 atom stereocenters. The second kappa shape index (κ2) is 13.9. The van der Waals surface area contributed by atoms with Gasteiger partial charge in [0.1, 0.15) is 0 Å². The molecule has 0 saturated heterocycles. The number of carbonyl (C=O) groups is 2. The van der Waals surface area contributed by atoms with Crippen LogP contribution in [0.1, 0.15) is 53.2 Å². The van der Waals surface area contributed by atoms with Crippen molar-refractivity contribution in [1.29, 1.82) is 0 Å². The van der Waals surface area contributed by atoms with Crippen molar-refractivity contribution < 1.29 is 14.7 Å². The average molecular weight is 561 g/mol. The lowest BCUT2D eigenvalue weighted by atomic mass is 10.1. The maximum Gasteiger partial charge on any atom is 0.335 e. The number of hydrazone groups is 1. The van der Waals surface area contributed by atoms with Gasteiger partial charge in [0.15, 0.2) is 10.8 Å². The van der Waals surface area contributed by atoms with Crippen LogP contribution >= 0.6 is 24.0 Å². The molecular formula is C30H32N4O3S2. The largest absolute Gasteiger partial charge is 0.478 e. The number of thioether (sulfide) groups is 1. The number of aryl methyl sites for hydroxylation is 1. The van der Waals surface area contributed by atoms with E-state index in [4.69, 9.17) is 17.3 Å². The number of carboxylic acids is 1. The van der Waals surface area contributed by atoms with Gasteiger partial charge >= 0.3 is 5.97 Å². The van der Waals surface area contributed by atoms with Gasteiger partial charge < -0.3 is 15.3 Å². The van der Waals surface area contributed by atoms with Crippen molar-refractivity contribution >= 4 is 52.4 Å². The SMILES string of the molecule is CCCCCN1C(=O)C(=NNC(=S)NCc2ccccc2)c2cc(SCCc3ccc(C(=O)O)cc3)ccc21. The number of amides is 1. The molecular weight excluding hydrogens is 528 g/mol. The van der Waals surface area contributed by atoms with Gasteiger partial charge in [-0.05, 0) is 66.5 Å². The molecule has 4 rings (SSSR count). The highest BCUT2D eigenvalue weighted by atomic mass is 32.2. The van der Waals surface area contributed by atoms with Gasteiger partial charge in [-0.3, -0.25) is 10.2 Å². The highest BCUT2D eigenvalue weighted by molar-refractivity contribution is 7.99. The van der Waals surface area contributed by atoms with Crippen LogP contribution in [0.15, 0.2) is 82.8 Å². The Bertz CT molecular complexity index is 1340. The number of rotatable bonds is 12. The van der Waals surface area contributed by atoms with Gasteiger partial charge in [-0.2, -0.15) is 5.10 Å². The molecule has 0 bridgehead atoms. The number of nitrogens with zero attached hydrogens (tertiary/aromatic N) is 2. The van der Waals surface area contributed by atoms with Crippen molar-refractivity contribution in [3.63, 3.8) is 0 Å². The molecule has 3 N–H and O–H groups in total. The number of nitrogens with one attached hydrogen (secondary N) is 2. The van der Waals surface area contributed by atoms with Gasteiger partial charge in [-0.25, -0.2) is 4.79 Å². The normalized spacial score (nSPS) is 13.4. The van der Waals surface area contributed by atoms with E-state index >= 15 is 0 Å². The van der Waals surface area contributed by atoms with E-state index < -0.39 is 5.97 Å². The fourth-order valence-corrected chi connectivity index (χ4v) is 5.31. The van der Waals surface area contributed by atoms with Gasteiger partial charge in [0.05, 0.1) is 11.3 Å². The maximum atomic E-state index is 13.4. The Kier molecular flexibility index (Phi) is 10.1. The lowest BCUT2D eigenvalue weighted by Crippen LogP contribution is -2.35. The minimum atomic E-state index is -0.924. The van der Waals surface area contributed by atoms with Gasteiger partial charge in [0.25, 0.3) is 5.91 Å². The summed E-state index contributed by atoms with van der Waals surface area (Å²) in [6.07, 6.45) is 3.86. The molecule has 0 aromatic heterocycles. The first-order chi connectivity index (χ1) is 19.0. The summed E-state index contributed by atoms with van der Waals surface area (Å²) < 4.78 is 0. The predicted octanol–water partition coefficient (Wildman–Crippen LogP) is 5.62. The van der Waals surface area contributed by atoms with Crippen LogP contribution in [0.5, 0.6) is 0 Å². The first-order valence-corrected chi connectivity index (χ1v) is 14.4. The Hall–Kier alpha value is -3.69. The van der Waals surface area contributed by atoms with Crippen LogP contribution in [0.25, 0.3) is 0 Å². The molecule has 202 valence electrons. The molecule has 3 aromatic carbocycles. The fourth-order valence-electron chi connectivity index (χ4n) is 4.26. The van der Waals surface area contributed by atoms with Crippen molar-refractivity contribution in [2.75, 3.05) is 17.2 Å². The number of hydrogen-bond acceptors (Lipinski definition) is 5. The summed E-state index contributed by atoms with van der Waals surface area (Å²) in [4.78, 5) is 27.3. The summed E-state index contributed by atoms with van der Waals surface area (Å²) in [6, 6.07) is 23.0. The van der Waals surface area contributed by atoms with Gasteiger partial charge in [0.2, 0.25) is 0 Å². The van der Waals surface area contributed by atoms with E-state index in [9.17, 15) is 9.59 Å². The van der Waals surface area contributed by atoms with E-state index in [1.165, 1.54) is 0 Å². The van der Waals surface area contributed by atoms with Crippen molar-refractivity contribution in [1.82, 2.24) is 10.7 Å². The topological polar surface area (TPSA) is 94.0 Å². The van der Waals surface area contributed by atoms with Crippen LogP contribution in [0.2, 0.25) is 0 Å². The third kappa shape index (κ3) is 7.68. The molecule has 1 aliphatic heterocycles. The molecule has 0 saturated carbocycles. The number of benzene rings is 3. The Morgan fingerprint density at radius 2 is 1.79 bits per heavy atom. The molecule has 1 aliphatic rings. The van der Waals surface area contributed by atoms with Gasteiger partial charge in [-0.15, -0.1) is 11.8 Å². The molecule has 7 nitrogen and oxygen atoms in total. The summed E-state index contributed by atoms with van der Waals surface area (Å²) in [5.74, 6) is -0.232. The highest BCUT2D eigenvalue weighted by Crippen LogP contribution is 2.33. The maximum absolute atomic E-state index is 13.4. The number of anilines is 1. The fraction of sp³-hybridized carbons (Fsp3) is 0.267. The number of carbonyl (C=O) groups excluding carboxylic acids is 1. The van der Waals surface area contributed by atoms with Crippen LogP contribution in [0, 0.1) is 0 Å². The molecule has 0 aliphatic carbocycles. The van der Waals surface area contributed by atoms with Crippen molar-refractivity contribution in [3.05, 3.63) is 95.1 Å². The van der Waals surface area contributed by atoms with E-state index in [0.29, 0.717) is 23.9 Å². The van der Waals surface area contributed by atoms with E-state index in [1.54, 1.807) is 23.9 Å². The number of hydrogen-bond donors (Lipinski definition) is 3. The second-order valence-corrected chi connectivity index (χ2v) is 10.8. The summed E-state index contributed by atoms with van der Waals surface area (Å²) >= 11 is 7.09. The Morgan fingerprint density at radius 3 is 2.51 bits per heavy atom. The zero-order valence-electron chi connectivity index (χ0n) is 21.9. The number of carboxylic acid groups (broad SMARTS) is 1. The average Bonchev–Trinajstić information content (AvgIpc) is 3.21. The lowest BCUT2D eigenvalue weighted by molar-refractivity contribution is -0.112. The summed E-state index contributed by atoms with van der Waals surface area (Å²) in [5.41, 5.74) is 7.35. The Labute approximate surface area is 238 Å². The molecule has 0 fully saturated rings. The first kappa shape index (κ1) is 28.3. The molecule has 1 amide bonds. The molecule has 0 radical (unpaired) electrons. The number of unbranched alkanes of at least 4 members (excludes halogenated alkanes) is 2. The zero-order chi connectivity index (χ0) is 27.6. The summed E-state index contributed by atoms with van der Waals surface area (Å²) in [6.45, 7) is 3.35. The number of aromatic carboxylic acids is 1. The van der Waals surface area contributed by atoms with Crippen LogP contribution < -0.4 is 15.6 Å². The summed E-state index contributed by atoms with van der Waals surface area (Å²) in [7, 11) is 0. The van der Waals surface area contributed by atoms with Crippen LogP contribution in [0.4, 0.5) is 5.69 Å². The molecule has 9 heteroatoms. The second-order valence-electron chi connectivity index (χ2n) is 9.18. The third-order valence-corrected chi connectivity index (χ3v) is 7.60. The minimum Gasteiger partial charge on any atom is -0.478 e. The smallest absolute Gasteiger partial charge is 0.335 e. The molecule has 1 heterocycles. The number of fused-ring (bicyclic) bond motifs is 1. The van der Waals surface area contributed by atoms with Crippen molar-refractivity contribution in [2.45, 2.75) is 44.0 Å². The van der Waals surface area contributed by atoms with Crippen LogP contribution in [0.3, 0.4) is 0 Å². The standard InChI is InChI=1S/C30H32N4O3S2/c1-2-3-7-17-34-26-15-14-24(39-18-16-21-10-12-23(13-11-21)29(36)37)19-25(26)27(28(34)35)32-33-30(38)31-20-22-8-5-4-6-9-22/h4-6,8-15,19H,2-3,7,16-18,20H2,1H3,(H,36,37)(H2,31,33,38). The Balaban J connectivity index is 1.44. The zero-order valence-corrected chi connectivity index (χ0v) is 23.5. The van der Waals surface area contributed by atoms with Crippen molar-refractivity contribution in [3.8, 4) is 0 Å². The van der Waals surface area contributed by atoms with E-state index in [0.717, 1.165) is 58.7 Å². The Morgan fingerprint density at radius 1 is 1.03 bits per heavy atom. The third-order valence-electron chi connectivity index (χ3n) is 6.37. The molecule has 0 spiro atoms. The quantitative estimate of drug-likeness (QED) is 0.114. The minimum absolute atomic E-state index is 0.125. The summed E-state index contributed by atoms with van der Waals surface area (Å²) in [5, 5.41) is 17.0. The molecule has 39 heavy (non-hydrogen) atoms. The van der Waals surface area contributed by atoms with Crippen molar-refractivity contribution in [2.24, 2.45) is 5.10 Å². The van der Waals surface area contributed by atoms with Crippen LogP contribution in [-0.4, -0.2) is 40.1 Å². The predicted molar refractivity (Wildman–Crippen MR) is 162 cm³/mol. The first-order valence-electron chi connectivity index (χ1n) is 13.0. The molecule has 3 aromatic rings. The monoisotopic (exact) mass is 560 g/mol. The molecule has 0 unspecified atom stereocenters. The van der Waals surface area contributed by atoms with E-state index in [1.807, 2.05) is 65.6 Å². The van der Waals surface area contributed by atoms with Crippen LogP contribution in [-0.2, 0) is 17.8 Å². The number of thiocarbonyl (C=S) groups is 1.